The maximum Gasteiger partial charge on any atom is 0.0628 e. The molecule has 88 valence electrons. The van der Waals surface area contributed by atoms with Crippen LogP contribution in [0.15, 0.2) is 29.2 Å². The van der Waals surface area contributed by atoms with Crippen LogP contribution in [-0.2, 0) is 0 Å². The molecule has 2 rings (SSSR count). The van der Waals surface area contributed by atoms with Gasteiger partial charge in [-0.25, -0.2) is 0 Å². The Balaban J connectivity index is 2.12. The van der Waals surface area contributed by atoms with Crippen molar-refractivity contribution in [3.8, 4) is 0 Å². The highest BCUT2D eigenvalue weighted by molar-refractivity contribution is 7.98. The van der Waals surface area contributed by atoms with E-state index in [0.29, 0.717) is 0 Å². The number of benzene rings is 1. The summed E-state index contributed by atoms with van der Waals surface area (Å²) >= 11 is 1.75. The summed E-state index contributed by atoms with van der Waals surface area (Å²) in [6.45, 7) is 2.46. The third kappa shape index (κ3) is 2.59. The van der Waals surface area contributed by atoms with E-state index in [4.69, 9.17) is 0 Å². The van der Waals surface area contributed by atoms with Gasteiger partial charge in [0.05, 0.1) is 12.6 Å². The topological polar surface area (TPSA) is 23.5 Å². The Kier molecular flexibility index (Phi) is 4.27. The lowest BCUT2D eigenvalue weighted by Gasteiger charge is -2.26. The molecule has 1 fully saturated rings. The van der Waals surface area contributed by atoms with Crippen molar-refractivity contribution in [1.29, 1.82) is 0 Å². The monoisotopic (exact) mass is 237 g/mol. The first kappa shape index (κ1) is 12.0. The van der Waals surface area contributed by atoms with Crippen molar-refractivity contribution >= 4 is 11.8 Å². The number of rotatable bonds is 4. The van der Waals surface area contributed by atoms with Gasteiger partial charge in [0.25, 0.3) is 0 Å². The average Bonchev–Trinajstić information content (AvgIpc) is 2.85. The third-order valence-electron chi connectivity index (χ3n) is 3.25. The van der Waals surface area contributed by atoms with Crippen molar-refractivity contribution in [1.82, 2.24) is 4.90 Å². The Labute approximate surface area is 102 Å². The van der Waals surface area contributed by atoms with Gasteiger partial charge in [-0.2, -0.15) is 0 Å². The number of hydrogen-bond donors (Lipinski definition) is 1. The van der Waals surface area contributed by atoms with Gasteiger partial charge in [-0.3, -0.25) is 4.90 Å². The smallest absolute Gasteiger partial charge is 0.0628 e. The predicted octanol–water partition coefficient (Wildman–Crippen LogP) is 2.54. The van der Waals surface area contributed by atoms with E-state index in [1.807, 2.05) is 0 Å². The fourth-order valence-electron chi connectivity index (χ4n) is 2.31. The number of aliphatic hydroxyl groups excluding tert-OH is 1. The summed E-state index contributed by atoms with van der Waals surface area (Å²) in [5.74, 6) is 0. The van der Waals surface area contributed by atoms with Crippen LogP contribution >= 0.6 is 11.8 Å². The molecule has 1 atom stereocenters. The summed E-state index contributed by atoms with van der Waals surface area (Å²) in [5.41, 5.74) is 1.24. The zero-order valence-electron chi connectivity index (χ0n) is 9.72. The van der Waals surface area contributed by atoms with Crippen LogP contribution in [0.5, 0.6) is 0 Å². The molecule has 1 unspecified atom stereocenters. The molecular weight excluding hydrogens is 218 g/mol. The molecule has 16 heavy (non-hydrogen) atoms. The van der Waals surface area contributed by atoms with Gasteiger partial charge < -0.3 is 5.11 Å². The van der Waals surface area contributed by atoms with E-state index in [-0.39, 0.29) is 12.6 Å². The number of thioether (sulfide) groups is 1. The Morgan fingerprint density at radius 3 is 2.38 bits per heavy atom. The Hall–Kier alpha value is -0.510. The molecular formula is C13H19NOS. The fourth-order valence-corrected chi connectivity index (χ4v) is 2.72. The highest BCUT2D eigenvalue weighted by Gasteiger charge is 2.22. The van der Waals surface area contributed by atoms with Crippen molar-refractivity contribution in [3.05, 3.63) is 29.8 Å². The van der Waals surface area contributed by atoms with E-state index in [9.17, 15) is 5.11 Å². The zero-order valence-corrected chi connectivity index (χ0v) is 10.5. The van der Waals surface area contributed by atoms with Crippen LogP contribution in [0.1, 0.15) is 24.4 Å². The van der Waals surface area contributed by atoms with Crippen LogP contribution < -0.4 is 0 Å². The van der Waals surface area contributed by atoms with Crippen LogP contribution in [0.25, 0.3) is 0 Å². The normalized spacial score (nSPS) is 18.9. The molecule has 0 spiro atoms. The van der Waals surface area contributed by atoms with Crippen molar-refractivity contribution in [2.45, 2.75) is 23.8 Å². The highest BCUT2D eigenvalue weighted by Crippen LogP contribution is 2.26. The first-order chi connectivity index (χ1) is 7.85. The second-order valence-electron chi connectivity index (χ2n) is 4.21. The standard InChI is InChI=1S/C13H19NOS/c1-16-12-6-4-11(5-7-12)13(10-15)14-8-2-3-9-14/h4-7,13,15H,2-3,8-10H2,1H3. The average molecular weight is 237 g/mol. The Morgan fingerprint density at radius 1 is 1.25 bits per heavy atom. The van der Waals surface area contributed by atoms with Crippen molar-refractivity contribution in [2.24, 2.45) is 0 Å². The predicted molar refractivity (Wildman–Crippen MR) is 68.9 cm³/mol. The molecule has 1 saturated heterocycles. The zero-order chi connectivity index (χ0) is 11.4. The quantitative estimate of drug-likeness (QED) is 0.814. The van der Waals surface area contributed by atoms with Crippen LogP contribution in [0.4, 0.5) is 0 Å². The maximum atomic E-state index is 9.52. The molecule has 0 aromatic heterocycles. The summed E-state index contributed by atoms with van der Waals surface area (Å²) in [6.07, 6.45) is 4.61. The van der Waals surface area contributed by atoms with E-state index in [1.165, 1.54) is 23.3 Å². The Bertz CT molecular complexity index is 319. The number of likely N-dealkylation sites (tertiary alicyclic amines) is 1. The molecule has 0 aliphatic carbocycles. The van der Waals surface area contributed by atoms with E-state index in [2.05, 4.69) is 35.4 Å². The molecule has 1 heterocycles. The molecule has 1 aromatic rings. The molecule has 0 bridgehead atoms. The first-order valence-corrected chi connectivity index (χ1v) is 7.06. The second kappa shape index (κ2) is 5.71. The number of nitrogens with zero attached hydrogens (tertiary/aromatic N) is 1. The molecule has 0 saturated carbocycles. The molecule has 1 N–H and O–H groups in total. The summed E-state index contributed by atoms with van der Waals surface area (Å²) < 4.78 is 0. The van der Waals surface area contributed by atoms with Gasteiger partial charge in [0.2, 0.25) is 0 Å². The summed E-state index contributed by atoms with van der Waals surface area (Å²) in [4.78, 5) is 3.66. The molecule has 1 aromatic carbocycles. The van der Waals surface area contributed by atoms with Crippen molar-refractivity contribution < 1.29 is 5.11 Å². The molecule has 2 nitrogen and oxygen atoms in total. The van der Waals surface area contributed by atoms with Gasteiger partial charge in [0.15, 0.2) is 0 Å². The van der Waals surface area contributed by atoms with Gasteiger partial charge in [-0.1, -0.05) is 12.1 Å². The first-order valence-electron chi connectivity index (χ1n) is 5.84. The van der Waals surface area contributed by atoms with Gasteiger partial charge in [-0.05, 0) is 49.9 Å². The fraction of sp³-hybridized carbons (Fsp3) is 0.538. The van der Waals surface area contributed by atoms with E-state index in [1.54, 1.807) is 11.8 Å². The van der Waals surface area contributed by atoms with Gasteiger partial charge in [-0.15, -0.1) is 11.8 Å². The molecule has 3 heteroatoms. The largest absolute Gasteiger partial charge is 0.394 e. The van der Waals surface area contributed by atoms with Crippen LogP contribution in [0.2, 0.25) is 0 Å². The van der Waals surface area contributed by atoms with Crippen molar-refractivity contribution in [3.63, 3.8) is 0 Å². The lowest BCUT2D eigenvalue weighted by Crippen LogP contribution is -2.28. The minimum Gasteiger partial charge on any atom is -0.394 e. The van der Waals surface area contributed by atoms with E-state index in [0.717, 1.165) is 13.1 Å². The van der Waals surface area contributed by atoms with Crippen LogP contribution in [-0.4, -0.2) is 36.0 Å². The summed E-state index contributed by atoms with van der Waals surface area (Å²) in [5, 5.41) is 9.52. The summed E-state index contributed by atoms with van der Waals surface area (Å²) in [6, 6.07) is 8.76. The van der Waals surface area contributed by atoms with Crippen molar-refractivity contribution in [2.75, 3.05) is 26.0 Å². The van der Waals surface area contributed by atoms with Gasteiger partial charge in [0.1, 0.15) is 0 Å². The number of aliphatic hydroxyl groups is 1. The van der Waals surface area contributed by atoms with E-state index >= 15 is 0 Å². The minimum atomic E-state index is 0.193. The SMILES string of the molecule is CSc1ccc(C(CO)N2CCCC2)cc1. The third-order valence-corrected chi connectivity index (χ3v) is 4.00. The molecule has 0 radical (unpaired) electrons. The van der Waals surface area contributed by atoms with Crippen LogP contribution in [0, 0.1) is 0 Å². The lowest BCUT2D eigenvalue weighted by atomic mass is 10.1. The maximum absolute atomic E-state index is 9.52. The number of hydrogen-bond acceptors (Lipinski definition) is 3. The van der Waals surface area contributed by atoms with Gasteiger partial charge >= 0.3 is 0 Å². The second-order valence-corrected chi connectivity index (χ2v) is 5.09. The minimum absolute atomic E-state index is 0.193. The van der Waals surface area contributed by atoms with Gasteiger partial charge in [0, 0.05) is 4.90 Å². The molecule has 0 amide bonds. The molecule has 1 aliphatic heterocycles. The van der Waals surface area contributed by atoms with Crippen LogP contribution in [0.3, 0.4) is 0 Å². The van der Waals surface area contributed by atoms with E-state index < -0.39 is 0 Å². The lowest BCUT2D eigenvalue weighted by molar-refractivity contribution is 0.147. The molecule has 1 aliphatic rings. The highest BCUT2D eigenvalue weighted by atomic mass is 32.2. The summed E-state index contributed by atoms with van der Waals surface area (Å²) in [7, 11) is 0. The Morgan fingerprint density at radius 2 is 1.88 bits per heavy atom.